The van der Waals surface area contributed by atoms with Crippen molar-refractivity contribution in [3.63, 3.8) is 0 Å². The fraction of sp³-hybridized carbons (Fsp3) is 0.357. The van der Waals surface area contributed by atoms with Gasteiger partial charge in [0, 0.05) is 5.92 Å². The highest BCUT2D eigenvalue weighted by molar-refractivity contribution is 5.99. The lowest BCUT2D eigenvalue weighted by molar-refractivity contribution is -0.139. The third-order valence-electron chi connectivity index (χ3n) is 3.05. The van der Waals surface area contributed by atoms with Crippen LogP contribution < -0.4 is 5.32 Å². The second kappa shape index (κ2) is 5.23. The molecule has 4 nitrogen and oxygen atoms in total. The number of carbonyl (C=O) groups excluding carboxylic acids is 1. The molecule has 1 aromatic carbocycles. The van der Waals surface area contributed by atoms with Crippen molar-refractivity contribution >= 4 is 11.7 Å². The summed E-state index contributed by atoms with van der Waals surface area (Å²) in [4.78, 5) is 12.0. The first-order valence-electron chi connectivity index (χ1n) is 6.06. The Morgan fingerprint density at radius 2 is 2.06 bits per heavy atom. The van der Waals surface area contributed by atoms with Crippen LogP contribution in [0.1, 0.15) is 19.4 Å². The zero-order chi connectivity index (χ0) is 13.1. The van der Waals surface area contributed by atoms with Crippen LogP contribution in [0.15, 0.2) is 35.9 Å². The van der Waals surface area contributed by atoms with Crippen molar-refractivity contribution in [3.05, 3.63) is 41.5 Å². The molecule has 0 saturated heterocycles. The third-order valence-corrected chi connectivity index (χ3v) is 3.05. The van der Waals surface area contributed by atoms with Gasteiger partial charge in [-0.25, -0.2) is 4.79 Å². The summed E-state index contributed by atoms with van der Waals surface area (Å²) in [7, 11) is 0. The van der Waals surface area contributed by atoms with E-state index in [4.69, 9.17) is 4.74 Å². The summed E-state index contributed by atoms with van der Waals surface area (Å²) in [5.41, 5.74) is 2.05. The second-order valence-corrected chi connectivity index (χ2v) is 4.25. The van der Waals surface area contributed by atoms with Crippen LogP contribution in [0.2, 0.25) is 0 Å². The van der Waals surface area contributed by atoms with Gasteiger partial charge in [0.1, 0.15) is 6.23 Å². The fourth-order valence-corrected chi connectivity index (χ4v) is 2.08. The molecule has 0 aromatic heterocycles. The molecule has 0 spiro atoms. The van der Waals surface area contributed by atoms with E-state index in [1.807, 2.05) is 30.3 Å². The Morgan fingerprint density at radius 1 is 1.39 bits per heavy atom. The lowest BCUT2D eigenvalue weighted by Crippen LogP contribution is -2.27. The predicted molar refractivity (Wildman–Crippen MR) is 68.3 cm³/mol. The minimum Gasteiger partial charge on any atom is -0.463 e. The monoisotopic (exact) mass is 247 g/mol. The Bertz CT molecular complexity index is 467. The Hall–Kier alpha value is -1.81. The van der Waals surface area contributed by atoms with Crippen molar-refractivity contribution in [3.8, 4) is 0 Å². The van der Waals surface area contributed by atoms with Gasteiger partial charge in [0.15, 0.2) is 0 Å². The summed E-state index contributed by atoms with van der Waals surface area (Å²) < 4.78 is 5.05. The summed E-state index contributed by atoms with van der Waals surface area (Å²) in [6, 6.07) is 9.48. The lowest BCUT2D eigenvalue weighted by atomic mass is 9.99. The highest BCUT2D eigenvalue weighted by Gasteiger charge is 2.35. The smallest absolute Gasteiger partial charge is 0.336 e. The van der Waals surface area contributed by atoms with Crippen molar-refractivity contribution in [2.24, 2.45) is 5.92 Å². The average molecular weight is 247 g/mol. The topological polar surface area (TPSA) is 58.6 Å². The van der Waals surface area contributed by atoms with Crippen LogP contribution in [0, 0.1) is 5.92 Å². The first-order valence-corrected chi connectivity index (χ1v) is 6.06. The molecule has 18 heavy (non-hydrogen) atoms. The fourth-order valence-electron chi connectivity index (χ4n) is 2.08. The number of carbonyl (C=O) groups is 1. The number of aliphatic hydroxyl groups is 1. The minimum atomic E-state index is -0.750. The third kappa shape index (κ3) is 2.24. The van der Waals surface area contributed by atoms with Crippen LogP contribution >= 0.6 is 0 Å². The number of hydrogen-bond acceptors (Lipinski definition) is 4. The van der Waals surface area contributed by atoms with Crippen molar-refractivity contribution in [1.82, 2.24) is 5.32 Å². The molecule has 96 valence electrons. The summed E-state index contributed by atoms with van der Waals surface area (Å²) in [6.45, 7) is 3.90. The van der Waals surface area contributed by atoms with Crippen molar-refractivity contribution in [2.45, 2.75) is 20.1 Å². The molecule has 1 aliphatic heterocycles. The number of aliphatic hydroxyl groups excluding tert-OH is 1. The molecule has 2 unspecified atom stereocenters. The summed E-state index contributed by atoms with van der Waals surface area (Å²) >= 11 is 0. The highest BCUT2D eigenvalue weighted by Crippen LogP contribution is 2.31. The largest absolute Gasteiger partial charge is 0.463 e. The van der Waals surface area contributed by atoms with E-state index in [0.29, 0.717) is 17.9 Å². The van der Waals surface area contributed by atoms with E-state index < -0.39 is 6.23 Å². The molecule has 2 atom stereocenters. The maximum absolute atomic E-state index is 12.0. The van der Waals surface area contributed by atoms with E-state index in [0.717, 1.165) is 5.56 Å². The van der Waals surface area contributed by atoms with E-state index in [1.54, 1.807) is 13.8 Å². The summed E-state index contributed by atoms with van der Waals surface area (Å²) in [6.07, 6.45) is -0.750. The Balaban J connectivity index is 2.42. The van der Waals surface area contributed by atoms with Crippen molar-refractivity contribution in [1.29, 1.82) is 0 Å². The van der Waals surface area contributed by atoms with Crippen LogP contribution in [0.4, 0.5) is 0 Å². The molecule has 2 N–H and O–H groups in total. The first kappa shape index (κ1) is 12.6. The number of nitrogens with one attached hydrogen (secondary N) is 1. The first-order chi connectivity index (χ1) is 8.65. The molecule has 1 heterocycles. The summed E-state index contributed by atoms with van der Waals surface area (Å²) in [5.74, 6) is -0.646. The number of hydrogen-bond donors (Lipinski definition) is 2. The highest BCUT2D eigenvalue weighted by atomic mass is 16.5. The molecule has 1 aliphatic rings. The van der Waals surface area contributed by atoms with E-state index in [-0.39, 0.29) is 11.9 Å². The molecular formula is C14H17NO3. The normalized spacial score (nSPS) is 22.8. The van der Waals surface area contributed by atoms with E-state index >= 15 is 0 Å². The zero-order valence-electron chi connectivity index (χ0n) is 10.5. The number of benzene rings is 1. The quantitative estimate of drug-likeness (QED) is 0.795. The van der Waals surface area contributed by atoms with Gasteiger partial charge in [0.05, 0.1) is 17.9 Å². The van der Waals surface area contributed by atoms with Gasteiger partial charge < -0.3 is 15.2 Å². The van der Waals surface area contributed by atoms with Crippen molar-refractivity contribution < 1.29 is 14.6 Å². The van der Waals surface area contributed by atoms with Crippen molar-refractivity contribution in [2.75, 3.05) is 6.61 Å². The maximum atomic E-state index is 12.0. The molecule has 0 aliphatic carbocycles. The SMILES string of the molecule is CCOC(=O)C1=C(c2ccccc2)NC(O)C1C. The Kier molecular flexibility index (Phi) is 3.67. The molecule has 4 heteroatoms. The van der Waals surface area contributed by atoms with Gasteiger partial charge >= 0.3 is 5.97 Å². The van der Waals surface area contributed by atoms with Crippen LogP contribution in [0.5, 0.6) is 0 Å². The summed E-state index contributed by atoms with van der Waals surface area (Å²) in [5, 5.41) is 12.8. The minimum absolute atomic E-state index is 0.278. The van der Waals surface area contributed by atoms with Gasteiger partial charge in [0.25, 0.3) is 0 Å². The Labute approximate surface area is 106 Å². The average Bonchev–Trinajstić information content (AvgIpc) is 2.67. The number of esters is 1. The molecular weight excluding hydrogens is 230 g/mol. The molecule has 2 rings (SSSR count). The maximum Gasteiger partial charge on any atom is 0.336 e. The molecule has 0 saturated carbocycles. The molecule has 0 amide bonds. The predicted octanol–water partition coefficient (Wildman–Crippen LogP) is 1.52. The van der Waals surface area contributed by atoms with Gasteiger partial charge in [-0.2, -0.15) is 0 Å². The van der Waals surface area contributed by atoms with Gasteiger partial charge in [-0.15, -0.1) is 0 Å². The number of ether oxygens (including phenoxy) is 1. The zero-order valence-corrected chi connectivity index (χ0v) is 10.5. The second-order valence-electron chi connectivity index (χ2n) is 4.25. The molecule has 0 bridgehead atoms. The van der Waals surface area contributed by atoms with Gasteiger partial charge in [-0.05, 0) is 12.5 Å². The van der Waals surface area contributed by atoms with Crippen LogP contribution in [0.25, 0.3) is 5.70 Å². The van der Waals surface area contributed by atoms with Crippen LogP contribution in [0.3, 0.4) is 0 Å². The van der Waals surface area contributed by atoms with E-state index in [1.165, 1.54) is 0 Å². The van der Waals surface area contributed by atoms with Crippen LogP contribution in [-0.2, 0) is 9.53 Å². The molecule has 1 aromatic rings. The standard InChI is InChI=1S/C14H17NO3/c1-3-18-14(17)11-9(2)13(16)15-12(11)10-7-5-4-6-8-10/h4-9,13,15-16H,3H2,1-2H3. The van der Waals surface area contributed by atoms with E-state index in [9.17, 15) is 9.90 Å². The van der Waals surface area contributed by atoms with E-state index in [2.05, 4.69) is 5.32 Å². The molecule has 0 radical (unpaired) electrons. The lowest BCUT2D eigenvalue weighted by Gasteiger charge is -2.11. The van der Waals surface area contributed by atoms with Gasteiger partial charge in [-0.3, -0.25) is 0 Å². The van der Waals surface area contributed by atoms with Crippen LogP contribution in [-0.4, -0.2) is 23.9 Å². The van der Waals surface area contributed by atoms with Gasteiger partial charge in [-0.1, -0.05) is 37.3 Å². The molecule has 0 fully saturated rings. The van der Waals surface area contributed by atoms with Gasteiger partial charge in [0.2, 0.25) is 0 Å². The number of rotatable bonds is 3. The Morgan fingerprint density at radius 3 is 2.67 bits per heavy atom.